The van der Waals surface area contributed by atoms with Crippen LogP contribution in [0.2, 0.25) is 0 Å². The van der Waals surface area contributed by atoms with E-state index in [1.807, 2.05) is 32.0 Å². The lowest BCUT2D eigenvalue weighted by atomic mass is 10.2. The molecule has 0 unspecified atom stereocenters. The summed E-state index contributed by atoms with van der Waals surface area (Å²) in [7, 11) is 0. The second-order valence-electron chi connectivity index (χ2n) is 4.95. The highest BCUT2D eigenvalue weighted by Gasteiger charge is 2.10. The number of anilines is 2. The number of nitrogens with one attached hydrogen (secondary N) is 1. The molecule has 0 aliphatic rings. The van der Waals surface area contributed by atoms with Crippen LogP contribution in [0.15, 0.2) is 30.6 Å². The number of aryl methyl sites for hydroxylation is 1. The normalized spacial score (nSPS) is 10.7. The Morgan fingerprint density at radius 3 is 2.61 bits per heavy atom. The van der Waals surface area contributed by atoms with Gasteiger partial charge in [0.1, 0.15) is 17.0 Å². The first-order chi connectivity index (χ1) is 11.2. The first-order valence-electron chi connectivity index (χ1n) is 7.59. The van der Waals surface area contributed by atoms with Gasteiger partial charge in [-0.25, -0.2) is 9.97 Å². The molecule has 0 aliphatic heterocycles. The number of thiophene rings is 1. The number of aromatic nitrogens is 2. The fourth-order valence-electron chi connectivity index (χ4n) is 2.34. The quantitative estimate of drug-likeness (QED) is 0.719. The molecule has 1 N–H and O–H groups in total. The average molecular weight is 329 g/mol. The van der Waals surface area contributed by atoms with E-state index in [0.717, 1.165) is 33.2 Å². The van der Waals surface area contributed by atoms with Crippen LogP contribution >= 0.6 is 11.3 Å². The third kappa shape index (κ3) is 3.37. The minimum Gasteiger partial charge on any atom is -0.490 e. The molecule has 0 aliphatic carbocycles. The first-order valence-corrected chi connectivity index (χ1v) is 8.40. The van der Waals surface area contributed by atoms with E-state index in [4.69, 9.17) is 9.47 Å². The van der Waals surface area contributed by atoms with Crippen LogP contribution in [-0.4, -0.2) is 23.2 Å². The van der Waals surface area contributed by atoms with Crippen LogP contribution in [0.1, 0.15) is 18.7 Å². The predicted octanol–water partition coefficient (Wildman–Crippen LogP) is 4.54. The van der Waals surface area contributed by atoms with Crippen molar-refractivity contribution in [2.24, 2.45) is 0 Å². The summed E-state index contributed by atoms with van der Waals surface area (Å²) >= 11 is 1.66. The van der Waals surface area contributed by atoms with Gasteiger partial charge in [-0.05, 0) is 39.0 Å². The third-order valence-electron chi connectivity index (χ3n) is 3.26. The molecule has 0 radical (unpaired) electrons. The van der Waals surface area contributed by atoms with Gasteiger partial charge in [-0.2, -0.15) is 0 Å². The SMILES string of the molecule is CCOc1ccc(Nc2ncnc3sc(C)cc23)cc1OCC. The summed E-state index contributed by atoms with van der Waals surface area (Å²) in [4.78, 5) is 10.9. The zero-order valence-corrected chi connectivity index (χ0v) is 14.2. The summed E-state index contributed by atoms with van der Waals surface area (Å²) in [5, 5.41) is 4.38. The first kappa shape index (κ1) is 15.6. The van der Waals surface area contributed by atoms with Gasteiger partial charge >= 0.3 is 0 Å². The predicted molar refractivity (Wildman–Crippen MR) is 94.2 cm³/mol. The number of hydrogen-bond donors (Lipinski definition) is 1. The van der Waals surface area contributed by atoms with Gasteiger partial charge in [0.25, 0.3) is 0 Å². The lowest BCUT2D eigenvalue weighted by Gasteiger charge is -2.13. The number of hydrogen-bond acceptors (Lipinski definition) is 6. The molecule has 2 aromatic heterocycles. The zero-order chi connectivity index (χ0) is 16.2. The van der Waals surface area contributed by atoms with Crippen LogP contribution in [0.5, 0.6) is 11.5 Å². The molecule has 1 aromatic carbocycles. The Morgan fingerprint density at radius 1 is 1.04 bits per heavy atom. The minimum absolute atomic E-state index is 0.588. The Kier molecular flexibility index (Phi) is 4.62. The van der Waals surface area contributed by atoms with E-state index >= 15 is 0 Å². The highest BCUT2D eigenvalue weighted by atomic mass is 32.1. The van der Waals surface area contributed by atoms with E-state index in [1.54, 1.807) is 17.7 Å². The molecular weight excluding hydrogens is 310 g/mol. The van der Waals surface area contributed by atoms with Gasteiger partial charge in [-0.3, -0.25) is 0 Å². The van der Waals surface area contributed by atoms with E-state index in [9.17, 15) is 0 Å². The van der Waals surface area contributed by atoms with Crippen LogP contribution in [0, 0.1) is 6.92 Å². The maximum Gasteiger partial charge on any atom is 0.163 e. The maximum absolute atomic E-state index is 5.66. The van der Waals surface area contributed by atoms with Gasteiger partial charge in [-0.1, -0.05) is 0 Å². The molecule has 5 nitrogen and oxygen atoms in total. The van der Waals surface area contributed by atoms with E-state index in [0.29, 0.717) is 13.2 Å². The monoisotopic (exact) mass is 329 g/mol. The molecule has 2 heterocycles. The molecule has 23 heavy (non-hydrogen) atoms. The van der Waals surface area contributed by atoms with E-state index in [1.165, 1.54) is 4.88 Å². The molecule has 0 bridgehead atoms. The topological polar surface area (TPSA) is 56.3 Å². The molecule has 0 atom stereocenters. The molecule has 3 aromatic rings. The average Bonchev–Trinajstić information content (AvgIpc) is 2.92. The molecule has 0 fully saturated rings. The molecule has 120 valence electrons. The van der Waals surface area contributed by atoms with Crippen LogP contribution in [0.3, 0.4) is 0 Å². The lowest BCUT2D eigenvalue weighted by Crippen LogP contribution is -2.00. The molecule has 3 rings (SSSR count). The van der Waals surface area contributed by atoms with Gasteiger partial charge in [-0.15, -0.1) is 11.3 Å². The molecule has 0 amide bonds. The maximum atomic E-state index is 5.66. The smallest absolute Gasteiger partial charge is 0.163 e. The van der Waals surface area contributed by atoms with Crippen LogP contribution in [-0.2, 0) is 0 Å². The van der Waals surface area contributed by atoms with Crippen LogP contribution in [0.4, 0.5) is 11.5 Å². The molecule has 0 saturated heterocycles. The molecule has 0 spiro atoms. The summed E-state index contributed by atoms with van der Waals surface area (Å²) in [6.45, 7) is 7.18. The van der Waals surface area contributed by atoms with Gasteiger partial charge in [0, 0.05) is 16.6 Å². The van der Waals surface area contributed by atoms with Crippen molar-refractivity contribution >= 4 is 33.1 Å². The Hall–Kier alpha value is -2.34. The fraction of sp³-hybridized carbons (Fsp3) is 0.294. The van der Waals surface area contributed by atoms with Crippen molar-refractivity contribution in [1.82, 2.24) is 9.97 Å². The number of fused-ring (bicyclic) bond motifs is 1. The Bertz CT molecular complexity index is 817. The summed E-state index contributed by atoms with van der Waals surface area (Å²) in [6.07, 6.45) is 1.58. The fourth-order valence-corrected chi connectivity index (χ4v) is 3.19. The standard InChI is InChI=1S/C17H19N3O2S/c1-4-21-14-7-6-12(9-15(14)22-5-2)20-16-13-8-11(3)23-17(13)19-10-18-16/h6-10H,4-5H2,1-3H3,(H,18,19,20). The number of ether oxygens (including phenoxy) is 2. The number of benzene rings is 1. The van der Waals surface area contributed by atoms with Crippen molar-refractivity contribution in [3.05, 3.63) is 35.5 Å². The highest BCUT2D eigenvalue weighted by molar-refractivity contribution is 7.18. The Labute approximate surface area is 139 Å². The molecular formula is C17H19N3O2S. The van der Waals surface area contributed by atoms with Crippen LogP contribution < -0.4 is 14.8 Å². The van der Waals surface area contributed by atoms with Crippen LogP contribution in [0.25, 0.3) is 10.2 Å². The van der Waals surface area contributed by atoms with E-state index in [2.05, 4.69) is 28.3 Å². The summed E-state index contributed by atoms with van der Waals surface area (Å²) in [5.74, 6) is 2.27. The van der Waals surface area contributed by atoms with Crippen molar-refractivity contribution in [2.45, 2.75) is 20.8 Å². The van der Waals surface area contributed by atoms with Crippen molar-refractivity contribution in [3.8, 4) is 11.5 Å². The van der Waals surface area contributed by atoms with Crippen molar-refractivity contribution < 1.29 is 9.47 Å². The van der Waals surface area contributed by atoms with Gasteiger partial charge in [0.15, 0.2) is 11.5 Å². The second kappa shape index (κ2) is 6.83. The third-order valence-corrected chi connectivity index (χ3v) is 4.22. The number of rotatable bonds is 6. The van der Waals surface area contributed by atoms with E-state index in [-0.39, 0.29) is 0 Å². The van der Waals surface area contributed by atoms with Gasteiger partial charge in [0.2, 0.25) is 0 Å². The molecule has 0 saturated carbocycles. The zero-order valence-electron chi connectivity index (χ0n) is 13.4. The van der Waals surface area contributed by atoms with Gasteiger partial charge < -0.3 is 14.8 Å². The lowest BCUT2D eigenvalue weighted by molar-refractivity contribution is 0.288. The highest BCUT2D eigenvalue weighted by Crippen LogP contribution is 2.34. The second-order valence-corrected chi connectivity index (χ2v) is 6.19. The summed E-state index contributed by atoms with van der Waals surface area (Å²) in [6, 6.07) is 7.90. The number of nitrogens with zero attached hydrogens (tertiary/aromatic N) is 2. The summed E-state index contributed by atoms with van der Waals surface area (Å²) in [5.41, 5.74) is 0.903. The summed E-state index contributed by atoms with van der Waals surface area (Å²) < 4.78 is 11.3. The Morgan fingerprint density at radius 2 is 1.83 bits per heavy atom. The van der Waals surface area contributed by atoms with Crippen molar-refractivity contribution in [3.63, 3.8) is 0 Å². The Balaban J connectivity index is 1.93. The van der Waals surface area contributed by atoms with Gasteiger partial charge in [0.05, 0.1) is 18.6 Å². The minimum atomic E-state index is 0.588. The largest absolute Gasteiger partial charge is 0.490 e. The van der Waals surface area contributed by atoms with Crippen molar-refractivity contribution in [2.75, 3.05) is 18.5 Å². The molecule has 6 heteroatoms. The van der Waals surface area contributed by atoms with Crippen molar-refractivity contribution in [1.29, 1.82) is 0 Å². The van der Waals surface area contributed by atoms with E-state index < -0.39 is 0 Å².